The van der Waals surface area contributed by atoms with E-state index in [0.717, 1.165) is 27.6 Å². The third-order valence-corrected chi connectivity index (χ3v) is 3.61. The molecule has 0 fully saturated rings. The number of halogens is 1. The van der Waals surface area contributed by atoms with Gasteiger partial charge in [-0.1, -0.05) is 29.8 Å². The monoisotopic (exact) mass is 360 g/mol. The predicted molar refractivity (Wildman–Crippen MR) is 104 cm³/mol. The molecule has 5 heteroatoms. The van der Waals surface area contributed by atoms with E-state index in [4.69, 9.17) is 21.1 Å². The molecule has 2 aromatic carbocycles. The Bertz CT molecular complexity index is 715. The average molecular weight is 361 g/mol. The molecular weight excluding hydrogens is 336 g/mol. The molecule has 0 bridgehead atoms. The van der Waals surface area contributed by atoms with Crippen molar-refractivity contribution in [2.75, 3.05) is 0 Å². The fourth-order valence-corrected chi connectivity index (χ4v) is 2.41. The van der Waals surface area contributed by atoms with Crippen LogP contribution in [0.1, 0.15) is 38.8 Å². The number of ether oxygens (including phenoxy) is 2. The van der Waals surface area contributed by atoms with Gasteiger partial charge in [-0.15, -0.1) is 0 Å². The highest BCUT2D eigenvalue weighted by Crippen LogP contribution is 2.25. The largest absolute Gasteiger partial charge is 0.491 e. The molecule has 1 N–H and O–H groups in total. The van der Waals surface area contributed by atoms with Gasteiger partial charge in [0.25, 0.3) is 0 Å². The topological polar surface area (TPSA) is 42.8 Å². The summed E-state index contributed by atoms with van der Waals surface area (Å²) in [5.41, 5.74) is 4.90. The zero-order chi connectivity index (χ0) is 18.2. The number of rotatable bonds is 8. The zero-order valence-corrected chi connectivity index (χ0v) is 15.9. The van der Waals surface area contributed by atoms with Crippen LogP contribution in [0.4, 0.5) is 0 Å². The maximum Gasteiger partial charge on any atom is 0.132 e. The van der Waals surface area contributed by atoms with Gasteiger partial charge in [0.1, 0.15) is 11.5 Å². The Kier molecular flexibility index (Phi) is 7.14. The Hall–Kier alpha value is -2.20. The molecule has 134 valence electrons. The molecule has 0 aliphatic heterocycles. The molecule has 2 rings (SSSR count). The molecule has 4 nitrogen and oxygen atoms in total. The van der Waals surface area contributed by atoms with E-state index in [1.54, 1.807) is 6.21 Å². The second-order valence-corrected chi connectivity index (χ2v) is 6.62. The van der Waals surface area contributed by atoms with E-state index in [0.29, 0.717) is 6.54 Å². The molecule has 0 aliphatic carbocycles. The minimum Gasteiger partial charge on any atom is -0.491 e. The van der Waals surface area contributed by atoms with E-state index in [2.05, 4.69) is 10.5 Å². The first-order valence-corrected chi connectivity index (χ1v) is 8.80. The summed E-state index contributed by atoms with van der Waals surface area (Å²) in [6.45, 7) is 8.54. The van der Waals surface area contributed by atoms with Crippen molar-refractivity contribution in [2.45, 2.75) is 46.4 Å². The van der Waals surface area contributed by atoms with Gasteiger partial charge in [-0.05, 0) is 51.5 Å². The zero-order valence-electron chi connectivity index (χ0n) is 15.1. The van der Waals surface area contributed by atoms with E-state index in [-0.39, 0.29) is 12.2 Å². The Morgan fingerprint density at radius 2 is 1.76 bits per heavy atom. The fraction of sp³-hybridized carbons (Fsp3) is 0.350. The molecule has 0 unspecified atom stereocenters. The second kappa shape index (κ2) is 9.33. The van der Waals surface area contributed by atoms with Crippen molar-refractivity contribution >= 4 is 17.8 Å². The second-order valence-electron chi connectivity index (χ2n) is 6.22. The quantitative estimate of drug-likeness (QED) is 0.529. The number of hydrogen-bond donors (Lipinski definition) is 1. The van der Waals surface area contributed by atoms with Crippen LogP contribution in [0.2, 0.25) is 5.02 Å². The molecule has 0 radical (unpaired) electrons. The molecule has 0 aliphatic rings. The summed E-state index contributed by atoms with van der Waals surface area (Å²) < 4.78 is 11.6. The van der Waals surface area contributed by atoms with Gasteiger partial charge in [-0.2, -0.15) is 5.10 Å². The van der Waals surface area contributed by atoms with Gasteiger partial charge in [-0.25, -0.2) is 0 Å². The van der Waals surface area contributed by atoms with Crippen molar-refractivity contribution in [3.8, 4) is 11.5 Å². The van der Waals surface area contributed by atoms with Crippen molar-refractivity contribution in [1.82, 2.24) is 5.43 Å². The molecule has 0 spiro atoms. The first-order valence-electron chi connectivity index (χ1n) is 8.42. The molecule has 25 heavy (non-hydrogen) atoms. The van der Waals surface area contributed by atoms with Crippen LogP contribution in [-0.2, 0) is 6.54 Å². The Morgan fingerprint density at radius 3 is 2.44 bits per heavy atom. The lowest BCUT2D eigenvalue weighted by molar-refractivity contribution is 0.229. The molecule has 2 aromatic rings. The van der Waals surface area contributed by atoms with Crippen molar-refractivity contribution in [3.63, 3.8) is 0 Å². The van der Waals surface area contributed by atoms with Crippen LogP contribution in [0.25, 0.3) is 0 Å². The molecule has 0 heterocycles. The van der Waals surface area contributed by atoms with Gasteiger partial charge in [-0.3, -0.25) is 0 Å². The van der Waals surface area contributed by atoms with Crippen LogP contribution in [0, 0.1) is 0 Å². The Morgan fingerprint density at radius 1 is 1.04 bits per heavy atom. The first-order chi connectivity index (χ1) is 12.0. The number of hydrazone groups is 1. The molecule has 0 atom stereocenters. The molecule has 0 aromatic heterocycles. The highest BCUT2D eigenvalue weighted by atomic mass is 35.5. The van der Waals surface area contributed by atoms with Crippen molar-refractivity contribution in [2.24, 2.45) is 5.10 Å². The highest BCUT2D eigenvalue weighted by Gasteiger charge is 2.08. The molecule has 0 saturated heterocycles. The van der Waals surface area contributed by atoms with E-state index in [9.17, 15) is 0 Å². The van der Waals surface area contributed by atoms with E-state index < -0.39 is 0 Å². The number of nitrogens with zero attached hydrogens (tertiary/aromatic N) is 1. The smallest absolute Gasteiger partial charge is 0.132 e. The molecule has 0 saturated carbocycles. The minimum atomic E-state index is 0.0672. The van der Waals surface area contributed by atoms with Crippen molar-refractivity contribution < 1.29 is 9.47 Å². The summed E-state index contributed by atoms with van der Waals surface area (Å²) in [4.78, 5) is 0. The van der Waals surface area contributed by atoms with Gasteiger partial charge >= 0.3 is 0 Å². The summed E-state index contributed by atoms with van der Waals surface area (Å²) in [6.07, 6.45) is 1.93. The summed E-state index contributed by atoms with van der Waals surface area (Å²) >= 11 is 6.14. The van der Waals surface area contributed by atoms with Crippen molar-refractivity contribution in [1.29, 1.82) is 0 Å². The lowest BCUT2D eigenvalue weighted by Gasteiger charge is -2.15. The van der Waals surface area contributed by atoms with E-state index in [1.807, 2.05) is 70.2 Å². The van der Waals surface area contributed by atoms with Gasteiger partial charge < -0.3 is 14.9 Å². The Labute approximate surface area is 154 Å². The van der Waals surface area contributed by atoms with Crippen LogP contribution in [0.5, 0.6) is 11.5 Å². The van der Waals surface area contributed by atoms with Crippen LogP contribution < -0.4 is 14.9 Å². The fourth-order valence-electron chi connectivity index (χ4n) is 2.21. The number of benzene rings is 2. The van der Waals surface area contributed by atoms with Crippen LogP contribution in [-0.4, -0.2) is 18.4 Å². The van der Waals surface area contributed by atoms with Crippen molar-refractivity contribution in [3.05, 3.63) is 58.6 Å². The van der Waals surface area contributed by atoms with Crippen LogP contribution >= 0.6 is 11.6 Å². The summed E-state index contributed by atoms with van der Waals surface area (Å²) in [7, 11) is 0. The van der Waals surface area contributed by atoms with E-state index >= 15 is 0 Å². The van der Waals surface area contributed by atoms with Gasteiger partial charge in [0, 0.05) is 16.7 Å². The summed E-state index contributed by atoms with van der Waals surface area (Å²) in [5.74, 6) is 1.53. The maximum atomic E-state index is 6.14. The average Bonchev–Trinajstić information content (AvgIpc) is 2.53. The van der Waals surface area contributed by atoms with Gasteiger partial charge in [0.05, 0.1) is 25.0 Å². The lowest BCUT2D eigenvalue weighted by Crippen LogP contribution is -2.10. The maximum absolute atomic E-state index is 6.14. The highest BCUT2D eigenvalue weighted by molar-refractivity contribution is 6.31. The normalized spacial score (nSPS) is 11.3. The summed E-state index contributed by atoms with van der Waals surface area (Å²) in [6, 6.07) is 13.5. The third-order valence-electron chi connectivity index (χ3n) is 3.24. The standard InChI is InChI=1S/C20H25ClN2O2/c1-14(2)24-18-10-9-17(20(11-18)25-15(3)4)13-23-22-12-16-7-5-6-8-19(16)21/h5-11,13-15,22H,12H2,1-4H3/b23-13-. The third kappa shape index (κ3) is 6.31. The predicted octanol–water partition coefficient (Wildman–Crippen LogP) is 5.04. The summed E-state index contributed by atoms with van der Waals surface area (Å²) in [5, 5.41) is 5.01. The first kappa shape index (κ1) is 19.1. The number of nitrogens with one attached hydrogen (secondary N) is 1. The van der Waals surface area contributed by atoms with Gasteiger partial charge in [0.15, 0.2) is 0 Å². The van der Waals surface area contributed by atoms with Gasteiger partial charge in [0.2, 0.25) is 0 Å². The van der Waals surface area contributed by atoms with Crippen LogP contribution in [0.3, 0.4) is 0 Å². The lowest BCUT2D eigenvalue weighted by atomic mass is 10.2. The molecular formula is C20H25ClN2O2. The number of hydrogen-bond acceptors (Lipinski definition) is 4. The SMILES string of the molecule is CC(C)Oc1ccc(/C=N\NCc2ccccc2Cl)c(OC(C)C)c1. The Balaban J connectivity index is 2.07. The van der Waals surface area contributed by atoms with Crippen LogP contribution in [0.15, 0.2) is 47.6 Å². The van der Waals surface area contributed by atoms with E-state index in [1.165, 1.54) is 0 Å². The minimum absolute atomic E-state index is 0.0672. The molecule has 0 amide bonds.